The van der Waals surface area contributed by atoms with E-state index >= 15 is 0 Å². The van der Waals surface area contributed by atoms with Crippen molar-refractivity contribution >= 4 is 23.2 Å². The molecule has 19 heavy (non-hydrogen) atoms. The van der Waals surface area contributed by atoms with Crippen molar-refractivity contribution in [3.8, 4) is 11.5 Å². The standard InChI is InChI=1S/C15H14Cl2O2/c1-10-7-12(3-5-14(10)16)18-9-19-13-4-6-15(17)11(2)8-13/h3-8H,9H2,1-2H3. The van der Waals surface area contributed by atoms with Gasteiger partial charge < -0.3 is 9.47 Å². The third-order valence-electron chi connectivity index (χ3n) is 2.71. The van der Waals surface area contributed by atoms with Crippen LogP contribution < -0.4 is 9.47 Å². The lowest BCUT2D eigenvalue weighted by molar-refractivity contribution is 0.120. The summed E-state index contributed by atoms with van der Waals surface area (Å²) in [5.41, 5.74) is 1.95. The van der Waals surface area contributed by atoms with Crippen molar-refractivity contribution in [2.45, 2.75) is 13.8 Å². The summed E-state index contributed by atoms with van der Waals surface area (Å²) in [6, 6.07) is 11.0. The molecule has 0 heterocycles. The topological polar surface area (TPSA) is 18.5 Å². The number of rotatable bonds is 4. The second kappa shape index (κ2) is 6.18. The average molecular weight is 297 g/mol. The first-order chi connectivity index (χ1) is 9.06. The maximum Gasteiger partial charge on any atom is 0.230 e. The molecule has 0 saturated heterocycles. The van der Waals surface area contributed by atoms with Gasteiger partial charge in [0.05, 0.1) is 0 Å². The van der Waals surface area contributed by atoms with E-state index in [-0.39, 0.29) is 6.79 Å². The molecule has 0 atom stereocenters. The van der Waals surface area contributed by atoms with Crippen molar-refractivity contribution in [1.29, 1.82) is 0 Å². The molecule has 2 rings (SSSR count). The van der Waals surface area contributed by atoms with Gasteiger partial charge in [0.15, 0.2) is 0 Å². The molecule has 0 aromatic heterocycles. The van der Waals surface area contributed by atoms with Crippen LogP contribution in [-0.2, 0) is 0 Å². The van der Waals surface area contributed by atoms with Gasteiger partial charge in [0.1, 0.15) is 11.5 Å². The Balaban J connectivity index is 1.92. The Morgan fingerprint density at radius 1 is 0.789 bits per heavy atom. The van der Waals surface area contributed by atoms with Gasteiger partial charge in [-0.3, -0.25) is 0 Å². The zero-order valence-electron chi connectivity index (χ0n) is 10.7. The van der Waals surface area contributed by atoms with Gasteiger partial charge in [-0.1, -0.05) is 23.2 Å². The van der Waals surface area contributed by atoms with Gasteiger partial charge in [-0.15, -0.1) is 0 Å². The van der Waals surface area contributed by atoms with Crippen LogP contribution >= 0.6 is 23.2 Å². The van der Waals surface area contributed by atoms with Crippen LogP contribution in [-0.4, -0.2) is 6.79 Å². The molecule has 0 amide bonds. The van der Waals surface area contributed by atoms with Gasteiger partial charge in [-0.2, -0.15) is 0 Å². The molecule has 0 N–H and O–H groups in total. The summed E-state index contributed by atoms with van der Waals surface area (Å²) < 4.78 is 11.0. The molecule has 0 aliphatic rings. The maximum atomic E-state index is 5.94. The van der Waals surface area contributed by atoms with E-state index in [1.165, 1.54) is 0 Å². The predicted molar refractivity (Wildman–Crippen MR) is 78.5 cm³/mol. The Bertz CT molecular complexity index is 531. The van der Waals surface area contributed by atoms with Crippen LogP contribution in [0.4, 0.5) is 0 Å². The Hall–Kier alpha value is -1.38. The molecule has 2 aromatic rings. The molecule has 0 bridgehead atoms. The molecule has 0 radical (unpaired) electrons. The molecule has 2 nitrogen and oxygen atoms in total. The average Bonchev–Trinajstić information content (AvgIpc) is 2.38. The molecular formula is C15H14Cl2O2. The molecule has 0 aliphatic heterocycles. The van der Waals surface area contributed by atoms with Crippen LogP contribution in [0.1, 0.15) is 11.1 Å². The van der Waals surface area contributed by atoms with Crippen LogP contribution in [0.2, 0.25) is 10.0 Å². The molecular weight excluding hydrogens is 283 g/mol. The fourth-order valence-electron chi connectivity index (χ4n) is 1.58. The molecule has 4 heteroatoms. The normalized spacial score (nSPS) is 10.3. The van der Waals surface area contributed by atoms with Crippen LogP contribution in [0, 0.1) is 13.8 Å². The Morgan fingerprint density at radius 2 is 1.21 bits per heavy atom. The minimum absolute atomic E-state index is 0.141. The number of benzene rings is 2. The molecule has 2 aromatic carbocycles. The molecule has 100 valence electrons. The minimum Gasteiger partial charge on any atom is -0.457 e. The number of hydrogen-bond acceptors (Lipinski definition) is 2. The van der Waals surface area contributed by atoms with Gasteiger partial charge in [-0.25, -0.2) is 0 Å². The zero-order chi connectivity index (χ0) is 13.8. The first-order valence-corrected chi connectivity index (χ1v) is 6.60. The van der Waals surface area contributed by atoms with Crippen molar-refractivity contribution in [3.05, 3.63) is 57.6 Å². The van der Waals surface area contributed by atoms with Crippen LogP contribution in [0.5, 0.6) is 11.5 Å². The molecule has 0 aliphatic carbocycles. The Labute approximate surface area is 122 Å². The number of hydrogen-bond donors (Lipinski definition) is 0. The second-order valence-electron chi connectivity index (χ2n) is 4.23. The summed E-state index contributed by atoms with van der Waals surface area (Å²) in [6.07, 6.45) is 0. The molecule has 0 unspecified atom stereocenters. The lowest BCUT2D eigenvalue weighted by Gasteiger charge is -2.10. The fourth-order valence-corrected chi connectivity index (χ4v) is 1.81. The van der Waals surface area contributed by atoms with Crippen LogP contribution in [0.3, 0.4) is 0 Å². The summed E-state index contributed by atoms with van der Waals surface area (Å²) in [5.74, 6) is 1.46. The number of ether oxygens (including phenoxy) is 2. The first-order valence-electron chi connectivity index (χ1n) is 5.84. The lowest BCUT2D eigenvalue weighted by Crippen LogP contribution is -2.05. The summed E-state index contributed by atoms with van der Waals surface area (Å²) in [7, 11) is 0. The molecule has 0 saturated carbocycles. The SMILES string of the molecule is Cc1cc(OCOc2ccc(Cl)c(C)c2)ccc1Cl. The van der Waals surface area contributed by atoms with E-state index in [2.05, 4.69) is 0 Å². The monoisotopic (exact) mass is 296 g/mol. The lowest BCUT2D eigenvalue weighted by atomic mass is 10.2. The molecule has 0 fully saturated rings. The van der Waals surface area contributed by atoms with Crippen molar-refractivity contribution in [2.75, 3.05) is 6.79 Å². The van der Waals surface area contributed by atoms with Crippen molar-refractivity contribution in [2.24, 2.45) is 0 Å². The van der Waals surface area contributed by atoms with E-state index in [1.807, 2.05) is 38.1 Å². The van der Waals surface area contributed by atoms with Crippen molar-refractivity contribution in [3.63, 3.8) is 0 Å². The van der Waals surface area contributed by atoms with E-state index in [1.54, 1.807) is 12.1 Å². The highest BCUT2D eigenvalue weighted by Gasteiger charge is 2.01. The quantitative estimate of drug-likeness (QED) is 0.737. The third-order valence-corrected chi connectivity index (χ3v) is 3.56. The highest BCUT2D eigenvalue weighted by molar-refractivity contribution is 6.31. The summed E-state index contributed by atoms with van der Waals surface area (Å²) >= 11 is 11.9. The second-order valence-corrected chi connectivity index (χ2v) is 5.04. The summed E-state index contributed by atoms with van der Waals surface area (Å²) in [5, 5.41) is 1.45. The number of halogens is 2. The van der Waals surface area contributed by atoms with Gasteiger partial charge in [0, 0.05) is 10.0 Å². The van der Waals surface area contributed by atoms with E-state index in [0.29, 0.717) is 0 Å². The predicted octanol–water partition coefficient (Wildman–Crippen LogP) is 5.03. The van der Waals surface area contributed by atoms with Crippen LogP contribution in [0.15, 0.2) is 36.4 Å². The zero-order valence-corrected chi connectivity index (χ0v) is 12.3. The summed E-state index contributed by atoms with van der Waals surface area (Å²) in [6.45, 7) is 4.00. The first kappa shape index (κ1) is 14.0. The fraction of sp³-hybridized carbons (Fsp3) is 0.200. The minimum atomic E-state index is 0.141. The van der Waals surface area contributed by atoms with Crippen LogP contribution in [0.25, 0.3) is 0 Å². The van der Waals surface area contributed by atoms with E-state index in [4.69, 9.17) is 32.7 Å². The van der Waals surface area contributed by atoms with Gasteiger partial charge >= 0.3 is 0 Å². The van der Waals surface area contributed by atoms with E-state index < -0.39 is 0 Å². The van der Waals surface area contributed by atoms with Gasteiger partial charge in [0.2, 0.25) is 6.79 Å². The van der Waals surface area contributed by atoms with Crippen molar-refractivity contribution in [1.82, 2.24) is 0 Å². The molecule has 0 spiro atoms. The highest BCUT2D eigenvalue weighted by Crippen LogP contribution is 2.23. The highest BCUT2D eigenvalue weighted by atomic mass is 35.5. The van der Waals surface area contributed by atoms with Gasteiger partial charge in [0.25, 0.3) is 0 Å². The Morgan fingerprint density at radius 3 is 1.58 bits per heavy atom. The largest absolute Gasteiger partial charge is 0.457 e. The number of aryl methyl sites for hydroxylation is 2. The maximum absolute atomic E-state index is 5.94. The van der Waals surface area contributed by atoms with E-state index in [0.717, 1.165) is 32.7 Å². The van der Waals surface area contributed by atoms with Crippen molar-refractivity contribution < 1.29 is 9.47 Å². The van der Waals surface area contributed by atoms with Gasteiger partial charge in [-0.05, 0) is 61.4 Å². The smallest absolute Gasteiger partial charge is 0.230 e. The third kappa shape index (κ3) is 3.79. The summed E-state index contributed by atoms with van der Waals surface area (Å²) in [4.78, 5) is 0. The van der Waals surface area contributed by atoms with E-state index in [9.17, 15) is 0 Å². The Kier molecular flexibility index (Phi) is 4.56.